The summed E-state index contributed by atoms with van der Waals surface area (Å²) < 4.78 is 0. The van der Waals surface area contributed by atoms with E-state index in [1.807, 2.05) is 30.0 Å². The summed E-state index contributed by atoms with van der Waals surface area (Å²) in [5.74, 6) is 4.38. The Hall–Kier alpha value is -1.23. The first-order chi connectivity index (χ1) is 8.34. The molecule has 1 unspecified atom stereocenters. The Labute approximate surface area is 106 Å². The molecule has 1 aromatic heterocycles. The van der Waals surface area contributed by atoms with Crippen LogP contribution in [0.15, 0.2) is 29.4 Å². The van der Waals surface area contributed by atoms with E-state index in [0.717, 1.165) is 12.4 Å². The van der Waals surface area contributed by atoms with Crippen LogP contribution in [0.3, 0.4) is 0 Å². The molecule has 2 rings (SSSR count). The van der Waals surface area contributed by atoms with Gasteiger partial charge in [0.15, 0.2) is 5.96 Å². The molecule has 92 valence electrons. The third-order valence-corrected chi connectivity index (χ3v) is 3.98. The van der Waals surface area contributed by atoms with Crippen LogP contribution in [0.4, 0.5) is 5.82 Å². The summed E-state index contributed by atoms with van der Waals surface area (Å²) in [5, 5.41) is 2.99. The zero-order valence-electron chi connectivity index (χ0n) is 9.80. The van der Waals surface area contributed by atoms with Crippen molar-refractivity contribution >= 4 is 23.5 Å². The second kappa shape index (κ2) is 6.49. The average Bonchev–Trinajstić information content (AvgIpc) is 2.39. The number of thioether (sulfide) groups is 1. The molecular weight excluding hydrogens is 232 g/mol. The molecule has 0 spiro atoms. The van der Waals surface area contributed by atoms with Crippen molar-refractivity contribution < 1.29 is 0 Å². The number of nitrogens with one attached hydrogen (secondary N) is 1. The number of pyridine rings is 1. The minimum Gasteiger partial charge on any atom is -0.370 e. The topological polar surface area (TPSA) is 63.3 Å². The molecular formula is C12H18N4S. The van der Waals surface area contributed by atoms with Crippen LogP contribution in [0.1, 0.15) is 12.8 Å². The van der Waals surface area contributed by atoms with Crippen LogP contribution in [0.25, 0.3) is 0 Å². The number of guanidine groups is 1. The van der Waals surface area contributed by atoms with Crippen molar-refractivity contribution in [2.45, 2.75) is 12.8 Å². The van der Waals surface area contributed by atoms with Gasteiger partial charge in [-0.3, -0.25) is 4.99 Å². The van der Waals surface area contributed by atoms with E-state index in [2.05, 4.69) is 15.3 Å². The van der Waals surface area contributed by atoms with Gasteiger partial charge in [0.1, 0.15) is 5.82 Å². The third-order valence-electron chi connectivity index (χ3n) is 2.70. The molecule has 0 bridgehead atoms. The Bertz CT molecular complexity index is 360. The molecule has 3 N–H and O–H groups in total. The van der Waals surface area contributed by atoms with Gasteiger partial charge in [-0.25, -0.2) is 4.98 Å². The second-order valence-electron chi connectivity index (χ2n) is 4.15. The summed E-state index contributed by atoms with van der Waals surface area (Å²) in [6, 6.07) is 5.66. The van der Waals surface area contributed by atoms with Crippen LogP contribution >= 0.6 is 11.8 Å². The highest BCUT2D eigenvalue weighted by Gasteiger charge is 2.12. The SMILES string of the molecule is NC(=NCC1CCCSC1)Nc1ccccn1. The number of nitrogens with two attached hydrogens (primary N) is 1. The minimum atomic E-state index is 0.458. The molecule has 4 nitrogen and oxygen atoms in total. The Morgan fingerprint density at radius 2 is 2.53 bits per heavy atom. The summed E-state index contributed by atoms with van der Waals surface area (Å²) >= 11 is 2.02. The normalized spacial score (nSPS) is 21.2. The lowest BCUT2D eigenvalue weighted by Gasteiger charge is -2.19. The van der Waals surface area contributed by atoms with E-state index in [0.29, 0.717) is 11.9 Å². The van der Waals surface area contributed by atoms with Crippen molar-refractivity contribution in [2.24, 2.45) is 16.6 Å². The van der Waals surface area contributed by atoms with Gasteiger partial charge in [-0.15, -0.1) is 0 Å². The maximum absolute atomic E-state index is 5.81. The van der Waals surface area contributed by atoms with E-state index in [1.165, 1.54) is 24.3 Å². The lowest BCUT2D eigenvalue weighted by atomic mass is 10.1. The molecule has 2 heterocycles. The highest BCUT2D eigenvalue weighted by molar-refractivity contribution is 7.99. The van der Waals surface area contributed by atoms with Crippen LogP contribution < -0.4 is 11.1 Å². The standard InChI is InChI=1S/C12H18N4S/c13-12(16-11-5-1-2-6-14-11)15-8-10-4-3-7-17-9-10/h1-2,5-6,10H,3-4,7-9H2,(H3,13,14,15,16). The van der Waals surface area contributed by atoms with Crippen molar-refractivity contribution in [2.75, 3.05) is 23.4 Å². The summed E-state index contributed by atoms with van der Waals surface area (Å²) in [6.07, 6.45) is 4.30. The van der Waals surface area contributed by atoms with Crippen molar-refractivity contribution in [1.82, 2.24) is 4.98 Å². The molecule has 1 fully saturated rings. The van der Waals surface area contributed by atoms with Gasteiger partial charge in [0.05, 0.1) is 0 Å². The molecule has 0 aromatic carbocycles. The maximum Gasteiger partial charge on any atom is 0.194 e. The van der Waals surface area contributed by atoms with E-state index in [4.69, 9.17) is 5.73 Å². The van der Waals surface area contributed by atoms with Gasteiger partial charge in [-0.2, -0.15) is 11.8 Å². The number of nitrogens with zero attached hydrogens (tertiary/aromatic N) is 2. The van der Waals surface area contributed by atoms with Gasteiger partial charge < -0.3 is 11.1 Å². The van der Waals surface area contributed by atoms with Crippen molar-refractivity contribution in [3.63, 3.8) is 0 Å². The Kier molecular flexibility index (Phi) is 4.67. The molecule has 17 heavy (non-hydrogen) atoms. The Balaban J connectivity index is 1.80. The molecule has 1 aromatic rings. The van der Waals surface area contributed by atoms with Gasteiger partial charge in [-0.1, -0.05) is 6.07 Å². The van der Waals surface area contributed by atoms with E-state index < -0.39 is 0 Å². The highest BCUT2D eigenvalue weighted by atomic mass is 32.2. The van der Waals surface area contributed by atoms with Crippen LogP contribution in [0.2, 0.25) is 0 Å². The predicted octanol–water partition coefficient (Wildman–Crippen LogP) is 1.95. The molecule has 0 amide bonds. The summed E-state index contributed by atoms with van der Waals surface area (Å²) in [7, 11) is 0. The molecule has 1 aliphatic heterocycles. The average molecular weight is 250 g/mol. The first-order valence-electron chi connectivity index (χ1n) is 5.90. The molecule has 0 aliphatic carbocycles. The molecule has 0 radical (unpaired) electrons. The maximum atomic E-state index is 5.81. The number of aliphatic imine (C=N–C) groups is 1. The second-order valence-corrected chi connectivity index (χ2v) is 5.30. The quantitative estimate of drug-likeness (QED) is 0.636. The molecule has 1 atom stereocenters. The number of rotatable bonds is 3. The zero-order valence-corrected chi connectivity index (χ0v) is 10.6. The largest absolute Gasteiger partial charge is 0.370 e. The smallest absolute Gasteiger partial charge is 0.194 e. The number of anilines is 1. The van der Waals surface area contributed by atoms with Crippen LogP contribution in [0.5, 0.6) is 0 Å². The van der Waals surface area contributed by atoms with Gasteiger partial charge >= 0.3 is 0 Å². The summed E-state index contributed by atoms with van der Waals surface area (Å²) in [6.45, 7) is 0.818. The minimum absolute atomic E-state index is 0.458. The molecule has 1 aliphatic rings. The molecule has 1 saturated heterocycles. The Morgan fingerprint density at radius 3 is 3.24 bits per heavy atom. The van der Waals surface area contributed by atoms with Crippen LogP contribution in [-0.2, 0) is 0 Å². The lowest BCUT2D eigenvalue weighted by Crippen LogP contribution is -2.25. The van der Waals surface area contributed by atoms with E-state index >= 15 is 0 Å². The summed E-state index contributed by atoms with van der Waals surface area (Å²) in [5.41, 5.74) is 5.81. The first-order valence-corrected chi connectivity index (χ1v) is 7.06. The molecule has 0 saturated carbocycles. The number of aromatic nitrogens is 1. The predicted molar refractivity (Wildman–Crippen MR) is 74.4 cm³/mol. The Morgan fingerprint density at radius 1 is 1.59 bits per heavy atom. The first kappa shape index (κ1) is 12.2. The highest BCUT2D eigenvalue weighted by Crippen LogP contribution is 2.22. The van der Waals surface area contributed by atoms with Gasteiger partial charge in [-0.05, 0) is 42.4 Å². The zero-order chi connectivity index (χ0) is 11.9. The number of hydrogen-bond acceptors (Lipinski definition) is 3. The number of hydrogen-bond donors (Lipinski definition) is 2. The van der Waals surface area contributed by atoms with E-state index in [9.17, 15) is 0 Å². The van der Waals surface area contributed by atoms with Gasteiger partial charge in [0.2, 0.25) is 0 Å². The fourth-order valence-corrected chi connectivity index (χ4v) is 2.93. The van der Waals surface area contributed by atoms with Crippen LogP contribution in [0, 0.1) is 5.92 Å². The van der Waals surface area contributed by atoms with Crippen molar-refractivity contribution in [3.8, 4) is 0 Å². The van der Waals surface area contributed by atoms with Gasteiger partial charge in [0.25, 0.3) is 0 Å². The summed E-state index contributed by atoms with van der Waals surface area (Å²) in [4.78, 5) is 8.51. The monoisotopic (exact) mass is 250 g/mol. The van der Waals surface area contributed by atoms with Crippen LogP contribution in [-0.4, -0.2) is 29.0 Å². The van der Waals surface area contributed by atoms with Crippen molar-refractivity contribution in [3.05, 3.63) is 24.4 Å². The van der Waals surface area contributed by atoms with E-state index in [1.54, 1.807) is 6.20 Å². The lowest BCUT2D eigenvalue weighted by molar-refractivity contribution is 0.535. The van der Waals surface area contributed by atoms with Gasteiger partial charge in [0, 0.05) is 12.7 Å². The fourth-order valence-electron chi connectivity index (χ4n) is 1.79. The third kappa shape index (κ3) is 4.26. The van der Waals surface area contributed by atoms with Crippen molar-refractivity contribution in [1.29, 1.82) is 0 Å². The fraction of sp³-hybridized carbons (Fsp3) is 0.500. The van der Waals surface area contributed by atoms with E-state index in [-0.39, 0.29) is 0 Å². The molecule has 5 heteroatoms.